The first-order valence-corrected chi connectivity index (χ1v) is 7.95. The van der Waals surface area contributed by atoms with E-state index in [2.05, 4.69) is 15.5 Å². The first-order chi connectivity index (χ1) is 8.80. The molecule has 0 bridgehead atoms. The minimum atomic E-state index is -3.48. The van der Waals surface area contributed by atoms with Gasteiger partial charge in [0.2, 0.25) is 10.0 Å². The highest BCUT2D eigenvalue weighted by Gasteiger charge is 2.28. The van der Waals surface area contributed by atoms with Gasteiger partial charge in [0.1, 0.15) is 4.90 Å². The maximum Gasteiger partial charge on any atom is 0.246 e. The lowest BCUT2D eigenvalue weighted by atomic mass is 10.2. The molecule has 110 valence electrons. The van der Waals surface area contributed by atoms with Crippen LogP contribution in [0.1, 0.15) is 32.2 Å². The van der Waals surface area contributed by atoms with Crippen molar-refractivity contribution >= 4 is 10.0 Å². The second kappa shape index (κ2) is 6.49. The predicted octanol–water partition coefficient (Wildman–Crippen LogP) is 1.10. The van der Waals surface area contributed by atoms with E-state index in [1.807, 2.05) is 20.8 Å². The van der Waals surface area contributed by atoms with Crippen LogP contribution in [0.2, 0.25) is 0 Å². The summed E-state index contributed by atoms with van der Waals surface area (Å²) < 4.78 is 26.5. The van der Waals surface area contributed by atoms with Crippen molar-refractivity contribution in [1.82, 2.24) is 19.8 Å². The summed E-state index contributed by atoms with van der Waals surface area (Å²) in [6.07, 6.45) is 0. The van der Waals surface area contributed by atoms with Crippen molar-refractivity contribution in [3.8, 4) is 0 Å². The van der Waals surface area contributed by atoms with Crippen LogP contribution in [-0.4, -0.2) is 43.1 Å². The summed E-state index contributed by atoms with van der Waals surface area (Å²) in [5.74, 6) is 0.282. The molecule has 0 saturated heterocycles. The number of aromatic amines is 1. The molecule has 0 unspecified atom stereocenters. The number of nitrogens with one attached hydrogen (secondary N) is 2. The molecule has 0 saturated carbocycles. The molecule has 19 heavy (non-hydrogen) atoms. The molecule has 1 heterocycles. The lowest BCUT2D eigenvalue weighted by molar-refractivity contribution is 0.416. The van der Waals surface area contributed by atoms with Crippen molar-refractivity contribution < 1.29 is 8.42 Å². The van der Waals surface area contributed by atoms with E-state index in [4.69, 9.17) is 0 Å². The lowest BCUT2D eigenvalue weighted by Crippen LogP contribution is -2.31. The molecule has 0 aliphatic heterocycles. The molecule has 2 N–H and O–H groups in total. The van der Waals surface area contributed by atoms with Crippen LogP contribution in [0.3, 0.4) is 0 Å². The molecule has 0 spiro atoms. The van der Waals surface area contributed by atoms with Crippen LogP contribution in [0.5, 0.6) is 0 Å². The Morgan fingerprint density at radius 1 is 1.42 bits per heavy atom. The Bertz CT molecular complexity index is 508. The van der Waals surface area contributed by atoms with Gasteiger partial charge >= 0.3 is 0 Å². The average Bonchev–Trinajstić information content (AvgIpc) is 2.67. The standard InChI is InChI=1S/C12H24N4O2S/c1-6-13-7-11-12(10(4)14-15-11)19(17,18)16(5)8-9(2)3/h9,13H,6-8H2,1-5H3,(H,14,15). The number of rotatable bonds is 7. The smallest absolute Gasteiger partial charge is 0.246 e. The van der Waals surface area contributed by atoms with Gasteiger partial charge in [-0.15, -0.1) is 0 Å². The maximum atomic E-state index is 12.6. The third kappa shape index (κ3) is 3.77. The van der Waals surface area contributed by atoms with E-state index in [0.29, 0.717) is 29.4 Å². The molecular formula is C12H24N4O2S. The molecule has 1 aromatic rings. The zero-order valence-corrected chi connectivity index (χ0v) is 13.1. The number of H-pyrrole nitrogens is 1. The fourth-order valence-corrected chi connectivity index (χ4v) is 3.60. The van der Waals surface area contributed by atoms with Crippen molar-refractivity contribution in [2.45, 2.75) is 39.1 Å². The third-order valence-electron chi connectivity index (χ3n) is 2.79. The van der Waals surface area contributed by atoms with Crippen molar-refractivity contribution in [2.24, 2.45) is 5.92 Å². The zero-order chi connectivity index (χ0) is 14.6. The van der Waals surface area contributed by atoms with E-state index in [0.717, 1.165) is 6.54 Å². The highest BCUT2D eigenvalue weighted by Crippen LogP contribution is 2.21. The largest absolute Gasteiger partial charge is 0.311 e. The molecule has 0 aliphatic rings. The third-order valence-corrected chi connectivity index (χ3v) is 4.82. The van der Waals surface area contributed by atoms with Crippen LogP contribution in [-0.2, 0) is 16.6 Å². The van der Waals surface area contributed by atoms with Gasteiger partial charge in [0.05, 0.1) is 11.4 Å². The highest BCUT2D eigenvalue weighted by atomic mass is 32.2. The molecule has 0 atom stereocenters. The van der Waals surface area contributed by atoms with E-state index in [1.165, 1.54) is 4.31 Å². The van der Waals surface area contributed by atoms with Gasteiger partial charge < -0.3 is 5.32 Å². The van der Waals surface area contributed by atoms with Crippen LogP contribution in [0.15, 0.2) is 4.90 Å². The number of aryl methyl sites for hydroxylation is 1. The van der Waals surface area contributed by atoms with E-state index >= 15 is 0 Å². The molecule has 0 amide bonds. The normalized spacial score (nSPS) is 12.6. The molecule has 6 nitrogen and oxygen atoms in total. The van der Waals surface area contributed by atoms with Gasteiger partial charge in [-0.1, -0.05) is 20.8 Å². The molecule has 7 heteroatoms. The second-order valence-electron chi connectivity index (χ2n) is 5.08. The summed E-state index contributed by atoms with van der Waals surface area (Å²) in [5.41, 5.74) is 1.14. The van der Waals surface area contributed by atoms with E-state index in [1.54, 1.807) is 14.0 Å². The average molecular weight is 288 g/mol. The minimum Gasteiger partial charge on any atom is -0.311 e. The number of sulfonamides is 1. The molecule has 1 rings (SSSR count). The van der Waals surface area contributed by atoms with Crippen LogP contribution in [0.4, 0.5) is 0 Å². The topological polar surface area (TPSA) is 78.1 Å². The molecule has 0 aromatic carbocycles. The van der Waals surface area contributed by atoms with Crippen molar-refractivity contribution in [2.75, 3.05) is 20.1 Å². The van der Waals surface area contributed by atoms with E-state index in [9.17, 15) is 8.42 Å². The van der Waals surface area contributed by atoms with Gasteiger partial charge in [-0.25, -0.2) is 12.7 Å². The summed E-state index contributed by atoms with van der Waals surface area (Å²) in [4.78, 5) is 0.302. The zero-order valence-electron chi connectivity index (χ0n) is 12.3. The molecule has 0 fully saturated rings. The summed E-state index contributed by atoms with van der Waals surface area (Å²) in [5, 5.41) is 9.96. The van der Waals surface area contributed by atoms with Crippen molar-refractivity contribution in [3.05, 3.63) is 11.4 Å². The fraction of sp³-hybridized carbons (Fsp3) is 0.750. The Labute approximate surface area is 115 Å². The lowest BCUT2D eigenvalue weighted by Gasteiger charge is -2.19. The monoisotopic (exact) mass is 288 g/mol. The van der Waals surface area contributed by atoms with Crippen molar-refractivity contribution in [1.29, 1.82) is 0 Å². The Morgan fingerprint density at radius 3 is 2.58 bits per heavy atom. The van der Waals surface area contributed by atoms with Gasteiger partial charge in [-0.3, -0.25) is 5.10 Å². The Balaban J connectivity index is 3.09. The minimum absolute atomic E-state index is 0.282. The van der Waals surface area contributed by atoms with Gasteiger partial charge in [-0.05, 0) is 19.4 Å². The van der Waals surface area contributed by atoms with Crippen LogP contribution in [0, 0.1) is 12.8 Å². The highest BCUT2D eigenvalue weighted by molar-refractivity contribution is 7.89. The van der Waals surface area contributed by atoms with Crippen LogP contribution < -0.4 is 5.32 Å². The van der Waals surface area contributed by atoms with Gasteiger partial charge in [-0.2, -0.15) is 5.10 Å². The maximum absolute atomic E-state index is 12.6. The summed E-state index contributed by atoms with van der Waals surface area (Å²) in [6.45, 7) is 9.41. The quantitative estimate of drug-likeness (QED) is 0.787. The van der Waals surface area contributed by atoms with Crippen molar-refractivity contribution in [3.63, 3.8) is 0 Å². The summed E-state index contributed by atoms with van der Waals surface area (Å²) in [6, 6.07) is 0. The number of hydrogen-bond donors (Lipinski definition) is 2. The Kier molecular flexibility index (Phi) is 5.51. The first-order valence-electron chi connectivity index (χ1n) is 6.51. The molecule has 0 radical (unpaired) electrons. The summed E-state index contributed by atoms with van der Waals surface area (Å²) >= 11 is 0. The van der Waals surface area contributed by atoms with Gasteiger partial charge in [0, 0.05) is 20.1 Å². The van der Waals surface area contributed by atoms with Gasteiger partial charge in [0.15, 0.2) is 0 Å². The van der Waals surface area contributed by atoms with Crippen LogP contribution in [0.25, 0.3) is 0 Å². The van der Waals surface area contributed by atoms with E-state index in [-0.39, 0.29) is 5.92 Å². The second-order valence-corrected chi connectivity index (χ2v) is 7.07. The first kappa shape index (κ1) is 16.1. The summed E-state index contributed by atoms with van der Waals surface area (Å²) in [7, 11) is -1.87. The number of hydrogen-bond acceptors (Lipinski definition) is 4. The van der Waals surface area contributed by atoms with Crippen LogP contribution >= 0.6 is 0 Å². The molecular weight excluding hydrogens is 264 g/mol. The van der Waals surface area contributed by atoms with E-state index < -0.39 is 10.0 Å². The Hall–Kier alpha value is -0.920. The van der Waals surface area contributed by atoms with Gasteiger partial charge in [0.25, 0.3) is 0 Å². The SMILES string of the molecule is CCNCc1n[nH]c(C)c1S(=O)(=O)N(C)CC(C)C. The predicted molar refractivity (Wildman–Crippen MR) is 75.4 cm³/mol. The fourth-order valence-electron chi connectivity index (χ4n) is 1.94. The Morgan fingerprint density at radius 2 is 2.05 bits per heavy atom. The molecule has 0 aliphatic carbocycles. The molecule has 1 aromatic heterocycles. The number of aromatic nitrogens is 2. The number of nitrogens with zero attached hydrogens (tertiary/aromatic N) is 2.